The van der Waals surface area contributed by atoms with E-state index < -0.39 is 5.41 Å². The Hall–Kier alpha value is -0.910. The van der Waals surface area contributed by atoms with Crippen molar-refractivity contribution in [3.05, 3.63) is 16.4 Å². The number of aryl methyl sites for hydroxylation is 2. The lowest BCUT2D eigenvalue weighted by atomic mass is 9.79. The van der Waals surface area contributed by atoms with E-state index in [1.54, 1.807) is 11.7 Å². The van der Waals surface area contributed by atoms with Gasteiger partial charge in [-0.2, -0.15) is 5.10 Å². The van der Waals surface area contributed by atoms with Crippen LogP contribution in [0.5, 0.6) is 0 Å². The van der Waals surface area contributed by atoms with E-state index in [4.69, 9.17) is 22.1 Å². The Labute approximate surface area is 111 Å². The number of halogens is 1. The van der Waals surface area contributed by atoms with Crippen LogP contribution in [0.25, 0.3) is 0 Å². The molecule has 1 aliphatic rings. The Morgan fingerprint density at radius 3 is 2.83 bits per heavy atom. The average molecular weight is 272 g/mol. The van der Waals surface area contributed by atoms with Crippen LogP contribution < -0.4 is 5.73 Å². The number of carbonyl (C=O) groups excluding carboxylic acids is 1. The number of nitrogens with two attached hydrogens (primary N) is 1. The first-order valence-electron chi connectivity index (χ1n) is 5.91. The molecule has 6 heteroatoms. The lowest BCUT2D eigenvalue weighted by molar-refractivity contribution is -0.127. The maximum Gasteiger partial charge on any atom is 0.148 e. The first kappa shape index (κ1) is 13.5. The number of hydrogen-bond acceptors (Lipinski definition) is 4. The van der Waals surface area contributed by atoms with Crippen molar-refractivity contribution >= 4 is 17.4 Å². The molecule has 18 heavy (non-hydrogen) atoms. The maximum atomic E-state index is 12.4. The van der Waals surface area contributed by atoms with Crippen LogP contribution in [-0.2, 0) is 23.0 Å². The van der Waals surface area contributed by atoms with Gasteiger partial charge in [0.25, 0.3) is 0 Å². The van der Waals surface area contributed by atoms with Gasteiger partial charge in [0.15, 0.2) is 0 Å². The molecule has 1 aliphatic heterocycles. The van der Waals surface area contributed by atoms with Crippen LogP contribution in [0.2, 0.25) is 5.02 Å². The number of nitrogens with zero attached hydrogens (tertiary/aromatic N) is 2. The number of aromatic nitrogens is 2. The molecule has 0 aromatic carbocycles. The second kappa shape index (κ2) is 4.64. The lowest BCUT2D eigenvalue weighted by Gasteiger charge is -2.25. The molecule has 0 amide bonds. The van der Waals surface area contributed by atoms with Gasteiger partial charge in [-0.3, -0.25) is 9.48 Å². The van der Waals surface area contributed by atoms with E-state index in [0.29, 0.717) is 18.2 Å². The van der Waals surface area contributed by atoms with Crippen molar-refractivity contribution in [3.8, 4) is 0 Å². The van der Waals surface area contributed by atoms with E-state index in [0.717, 1.165) is 11.4 Å². The summed E-state index contributed by atoms with van der Waals surface area (Å²) >= 11 is 6.15. The molecule has 2 N–H and O–H groups in total. The molecule has 2 rings (SSSR count). The molecule has 1 fully saturated rings. The zero-order valence-electron chi connectivity index (χ0n) is 10.9. The monoisotopic (exact) mass is 271 g/mol. The van der Waals surface area contributed by atoms with Gasteiger partial charge in [0.2, 0.25) is 0 Å². The number of hydrogen-bond donors (Lipinski definition) is 1. The summed E-state index contributed by atoms with van der Waals surface area (Å²) in [7, 11) is 1.79. The van der Waals surface area contributed by atoms with Crippen LogP contribution >= 0.6 is 11.6 Å². The van der Waals surface area contributed by atoms with Crippen LogP contribution in [0.1, 0.15) is 18.3 Å². The molecule has 0 aliphatic carbocycles. The summed E-state index contributed by atoms with van der Waals surface area (Å²) in [5.74, 6) is 0.0531. The number of ether oxygens (including phenoxy) is 1. The van der Waals surface area contributed by atoms with Crippen LogP contribution in [0.3, 0.4) is 0 Å². The molecular formula is C12H18ClN3O2. The van der Waals surface area contributed by atoms with E-state index >= 15 is 0 Å². The normalized spacial score (nSPS) is 27.7. The summed E-state index contributed by atoms with van der Waals surface area (Å²) < 4.78 is 6.95. The van der Waals surface area contributed by atoms with Gasteiger partial charge in [-0.15, -0.1) is 0 Å². The Balaban J connectivity index is 2.22. The fourth-order valence-corrected chi connectivity index (χ4v) is 2.43. The van der Waals surface area contributed by atoms with Gasteiger partial charge in [0, 0.05) is 13.1 Å². The Kier molecular flexibility index (Phi) is 3.49. The highest BCUT2D eigenvalue weighted by Gasteiger charge is 2.44. The maximum absolute atomic E-state index is 12.4. The predicted octanol–water partition coefficient (Wildman–Crippen LogP) is 0.857. The lowest BCUT2D eigenvalue weighted by Crippen LogP contribution is -2.45. The van der Waals surface area contributed by atoms with Crippen molar-refractivity contribution in [1.82, 2.24) is 9.78 Å². The van der Waals surface area contributed by atoms with Crippen molar-refractivity contribution in [2.75, 3.05) is 13.2 Å². The second-order valence-corrected chi connectivity index (χ2v) is 5.49. The average Bonchev–Trinajstić information content (AvgIpc) is 2.76. The number of rotatable bonds is 3. The molecular weight excluding hydrogens is 254 g/mol. The smallest absolute Gasteiger partial charge is 0.148 e. The molecule has 0 saturated carbocycles. The van der Waals surface area contributed by atoms with Crippen molar-refractivity contribution in [1.29, 1.82) is 0 Å². The van der Waals surface area contributed by atoms with E-state index in [1.165, 1.54) is 0 Å². The van der Waals surface area contributed by atoms with Crippen molar-refractivity contribution in [3.63, 3.8) is 0 Å². The third-order valence-corrected chi connectivity index (χ3v) is 4.24. The van der Waals surface area contributed by atoms with Crippen LogP contribution in [0.15, 0.2) is 0 Å². The summed E-state index contributed by atoms with van der Waals surface area (Å²) in [5, 5.41) is 4.76. The topological polar surface area (TPSA) is 70.1 Å². The molecule has 2 unspecified atom stereocenters. The van der Waals surface area contributed by atoms with Gasteiger partial charge >= 0.3 is 0 Å². The van der Waals surface area contributed by atoms with Gasteiger partial charge in [0.1, 0.15) is 5.78 Å². The fourth-order valence-electron chi connectivity index (χ4n) is 2.20. The zero-order chi connectivity index (χ0) is 13.5. The molecule has 1 aromatic heterocycles. The largest absolute Gasteiger partial charge is 0.379 e. The highest BCUT2D eigenvalue weighted by molar-refractivity contribution is 6.32. The highest BCUT2D eigenvalue weighted by Crippen LogP contribution is 2.31. The van der Waals surface area contributed by atoms with Gasteiger partial charge < -0.3 is 10.5 Å². The summed E-state index contributed by atoms with van der Waals surface area (Å²) in [6, 6.07) is -0.252. The van der Waals surface area contributed by atoms with Crippen molar-refractivity contribution in [2.24, 2.45) is 18.2 Å². The third kappa shape index (κ3) is 2.06. The molecule has 0 bridgehead atoms. The SMILES string of the molecule is Cc1nn(C)c(CC(=O)C2(C)COCC2N)c1Cl. The minimum absolute atomic E-state index is 0.0531. The van der Waals surface area contributed by atoms with Gasteiger partial charge in [-0.25, -0.2) is 0 Å². The molecule has 1 aromatic rings. The molecule has 2 heterocycles. The van der Waals surface area contributed by atoms with Gasteiger partial charge in [0.05, 0.1) is 41.5 Å². The fraction of sp³-hybridized carbons (Fsp3) is 0.667. The third-order valence-electron chi connectivity index (χ3n) is 3.74. The van der Waals surface area contributed by atoms with E-state index in [-0.39, 0.29) is 18.2 Å². The number of Topliss-reactive ketones (excluding diaryl/α,β-unsaturated/α-hetero) is 1. The minimum atomic E-state index is -0.624. The highest BCUT2D eigenvalue weighted by atomic mass is 35.5. The Bertz CT molecular complexity index is 486. The quantitative estimate of drug-likeness (QED) is 0.885. The summed E-state index contributed by atoms with van der Waals surface area (Å²) in [5.41, 5.74) is 6.80. The number of carbonyl (C=O) groups is 1. The van der Waals surface area contributed by atoms with E-state index in [9.17, 15) is 4.79 Å². The van der Waals surface area contributed by atoms with E-state index in [1.807, 2.05) is 13.8 Å². The molecule has 5 nitrogen and oxygen atoms in total. The van der Waals surface area contributed by atoms with Crippen LogP contribution in [-0.4, -0.2) is 34.8 Å². The van der Waals surface area contributed by atoms with Crippen molar-refractivity contribution in [2.45, 2.75) is 26.3 Å². The summed E-state index contributed by atoms with van der Waals surface area (Å²) in [4.78, 5) is 12.4. The number of ketones is 1. The van der Waals surface area contributed by atoms with Crippen LogP contribution in [0.4, 0.5) is 0 Å². The minimum Gasteiger partial charge on any atom is -0.379 e. The summed E-state index contributed by atoms with van der Waals surface area (Å²) in [6.45, 7) is 4.48. The Morgan fingerprint density at radius 1 is 1.72 bits per heavy atom. The van der Waals surface area contributed by atoms with Gasteiger partial charge in [-0.1, -0.05) is 11.6 Å². The zero-order valence-corrected chi connectivity index (χ0v) is 11.6. The molecule has 100 valence electrons. The summed E-state index contributed by atoms with van der Waals surface area (Å²) in [6.07, 6.45) is 0.240. The van der Waals surface area contributed by atoms with E-state index in [2.05, 4.69) is 5.10 Å². The van der Waals surface area contributed by atoms with Crippen LogP contribution in [0, 0.1) is 12.3 Å². The first-order chi connectivity index (χ1) is 8.36. The first-order valence-corrected chi connectivity index (χ1v) is 6.28. The van der Waals surface area contributed by atoms with Crippen molar-refractivity contribution < 1.29 is 9.53 Å². The standard InChI is InChI=1S/C12H18ClN3O2/c1-7-11(13)8(16(3)15-7)4-10(17)12(2)6-18-5-9(12)14/h9H,4-6,14H2,1-3H3. The predicted molar refractivity (Wildman–Crippen MR) is 68.6 cm³/mol. The molecule has 1 saturated heterocycles. The molecule has 0 spiro atoms. The molecule has 0 radical (unpaired) electrons. The second-order valence-electron chi connectivity index (χ2n) is 5.11. The Morgan fingerprint density at radius 2 is 2.39 bits per heavy atom. The molecule has 2 atom stereocenters. The van der Waals surface area contributed by atoms with Gasteiger partial charge in [-0.05, 0) is 13.8 Å².